The summed E-state index contributed by atoms with van der Waals surface area (Å²) < 4.78 is 1.71. The van der Waals surface area contributed by atoms with E-state index in [1.165, 1.54) is 44.8 Å². The van der Waals surface area contributed by atoms with Crippen molar-refractivity contribution in [3.8, 4) is 0 Å². The average Bonchev–Trinajstić information content (AvgIpc) is 3.08. The maximum Gasteiger partial charge on any atom is 0.252 e. The zero-order valence-corrected chi connectivity index (χ0v) is 19.2. The largest absolute Gasteiger partial charge is 0.352 e. The van der Waals surface area contributed by atoms with Crippen LogP contribution >= 0.6 is 11.6 Å². The summed E-state index contributed by atoms with van der Waals surface area (Å²) >= 11 is 5.99. The fourth-order valence-electron chi connectivity index (χ4n) is 4.57. The Bertz CT molecular complexity index is 1120. The Labute approximate surface area is 194 Å². The summed E-state index contributed by atoms with van der Waals surface area (Å²) in [7, 11) is 0. The van der Waals surface area contributed by atoms with E-state index in [0.29, 0.717) is 23.7 Å². The van der Waals surface area contributed by atoms with Crippen molar-refractivity contribution in [2.45, 2.75) is 38.6 Å². The summed E-state index contributed by atoms with van der Waals surface area (Å²) in [6.07, 6.45) is 6.25. The number of rotatable bonds is 7. The third-order valence-corrected chi connectivity index (χ3v) is 6.57. The molecule has 1 amide bonds. The van der Waals surface area contributed by atoms with Crippen LogP contribution in [-0.4, -0.2) is 36.7 Å². The summed E-state index contributed by atoms with van der Waals surface area (Å²) in [5, 5.41) is 4.48. The van der Waals surface area contributed by atoms with Crippen LogP contribution < -0.4 is 15.8 Å². The molecule has 1 aliphatic rings. The van der Waals surface area contributed by atoms with Gasteiger partial charge < -0.3 is 14.8 Å². The second kappa shape index (κ2) is 10.8. The van der Waals surface area contributed by atoms with E-state index in [1.807, 2.05) is 48.5 Å². The van der Waals surface area contributed by atoms with Crippen LogP contribution in [0, 0.1) is 0 Å². The number of benzene rings is 2. The van der Waals surface area contributed by atoms with Crippen molar-refractivity contribution in [3.63, 3.8) is 0 Å². The summed E-state index contributed by atoms with van der Waals surface area (Å²) in [6.45, 7) is 4.63. The SMILES string of the molecule is O=C(NCCC[NH+]1CCCCCC1)c1cc(=O)n(Cc2ccc(Cl)cc2)c2ccccc12. The number of para-hydroxylation sites is 1. The van der Waals surface area contributed by atoms with Gasteiger partial charge in [-0.25, -0.2) is 0 Å². The van der Waals surface area contributed by atoms with Gasteiger partial charge in [0.1, 0.15) is 0 Å². The predicted octanol–water partition coefficient (Wildman–Crippen LogP) is 3.28. The van der Waals surface area contributed by atoms with E-state index in [4.69, 9.17) is 11.6 Å². The van der Waals surface area contributed by atoms with Gasteiger partial charge in [0.2, 0.25) is 0 Å². The molecule has 0 aliphatic carbocycles. The predicted molar refractivity (Wildman–Crippen MR) is 130 cm³/mol. The lowest BCUT2D eigenvalue weighted by atomic mass is 10.1. The van der Waals surface area contributed by atoms with Gasteiger partial charge in [-0.1, -0.05) is 41.9 Å². The molecule has 2 aromatic carbocycles. The topological polar surface area (TPSA) is 55.5 Å². The summed E-state index contributed by atoms with van der Waals surface area (Å²) in [5.41, 5.74) is 2.00. The van der Waals surface area contributed by atoms with E-state index in [-0.39, 0.29) is 11.5 Å². The average molecular weight is 453 g/mol. The number of hydrogen-bond acceptors (Lipinski definition) is 2. The third kappa shape index (κ3) is 5.59. The third-order valence-electron chi connectivity index (χ3n) is 6.32. The van der Waals surface area contributed by atoms with Crippen LogP contribution in [0.25, 0.3) is 10.9 Å². The molecule has 168 valence electrons. The Morgan fingerprint density at radius 2 is 1.72 bits per heavy atom. The fourth-order valence-corrected chi connectivity index (χ4v) is 4.70. The lowest BCUT2D eigenvalue weighted by molar-refractivity contribution is -0.899. The molecule has 0 saturated carbocycles. The van der Waals surface area contributed by atoms with Crippen molar-refractivity contribution >= 4 is 28.4 Å². The molecule has 0 unspecified atom stereocenters. The molecule has 0 spiro atoms. The molecule has 4 rings (SSSR count). The molecule has 2 heterocycles. The van der Waals surface area contributed by atoms with Crippen LogP contribution in [0.5, 0.6) is 0 Å². The molecule has 0 atom stereocenters. The van der Waals surface area contributed by atoms with Gasteiger partial charge in [0.25, 0.3) is 11.5 Å². The minimum absolute atomic E-state index is 0.178. The molecule has 0 bridgehead atoms. The number of hydrogen-bond donors (Lipinski definition) is 2. The normalized spacial score (nSPS) is 14.9. The number of aromatic nitrogens is 1. The van der Waals surface area contributed by atoms with E-state index in [9.17, 15) is 9.59 Å². The molecule has 3 aromatic rings. The van der Waals surface area contributed by atoms with E-state index in [2.05, 4.69) is 5.32 Å². The van der Waals surface area contributed by atoms with E-state index in [0.717, 1.165) is 29.4 Å². The highest BCUT2D eigenvalue weighted by molar-refractivity contribution is 6.30. The van der Waals surface area contributed by atoms with Crippen molar-refractivity contribution in [1.29, 1.82) is 0 Å². The highest BCUT2D eigenvalue weighted by Crippen LogP contribution is 2.19. The van der Waals surface area contributed by atoms with E-state index < -0.39 is 0 Å². The first-order valence-corrected chi connectivity index (χ1v) is 12.0. The molecular formula is C26H31ClN3O2+. The number of likely N-dealkylation sites (tertiary alicyclic amines) is 1. The van der Waals surface area contributed by atoms with Crippen molar-refractivity contribution < 1.29 is 9.69 Å². The van der Waals surface area contributed by atoms with Gasteiger partial charge >= 0.3 is 0 Å². The smallest absolute Gasteiger partial charge is 0.252 e. The molecular weight excluding hydrogens is 422 g/mol. The Morgan fingerprint density at radius 3 is 2.47 bits per heavy atom. The zero-order chi connectivity index (χ0) is 22.3. The van der Waals surface area contributed by atoms with Gasteiger partial charge in [0, 0.05) is 29.4 Å². The zero-order valence-electron chi connectivity index (χ0n) is 18.4. The molecule has 0 radical (unpaired) electrons. The molecule has 2 N–H and O–H groups in total. The number of carbonyl (C=O) groups excluding carboxylic acids is 1. The number of carbonyl (C=O) groups is 1. The van der Waals surface area contributed by atoms with Crippen LogP contribution in [0.1, 0.15) is 48.0 Å². The van der Waals surface area contributed by atoms with Crippen LogP contribution in [0.2, 0.25) is 5.02 Å². The Hall–Kier alpha value is -2.63. The van der Waals surface area contributed by atoms with Crippen molar-refractivity contribution in [3.05, 3.63) is 81.1 Å². The Kier molecular flexibility index (Phi) is 7.61. The minimum atomic E-state index is -0.183. The summed E-state index contributed by atoms with van der Waals surface area (Å²) in [5.74, 6) is -0.178. The molecule has 5 nitrogen and oxygen atoms in total. The molecule has 1 aliphatic heterocycles. The van der Waals surface area contributed by atoms with E-state index in [1.54, 1.807) is 9.47 Å². The van der Waals surface area contributed by atoms with Crippen LogP contribution in [-0.2, 0) is 6.54 Å². The monoisotopic (exact) mass is 452 g/mol. The van der Waals surface area contributed by atoms with Crippen LogP contribution in [0.15, 0.2) is 59.4 Å². The van der Waals surface area contributed by atoms with E-state index >= 15 is 0 Å². The van der Waals surface area contributed by atoms with Crippen molar-refractivity contribution in [1.82, 2.24) is 9.88 Å². The number of nitrogens with zero attached hydrogens (tertiary/aromatic N) is 1. The lowest BCUT2D eigenvalue weighted by Gasteiger charge is -2.17. The fraction of sp³-hybridized carbons (Fsp3) is 0.385. The quantitative estimate of drug-likeness (QED) is 0.540. The first-order chi connectivity index (χ1) is 15.6. The second-order valence-corrected chi connectivity index (χ2v) is 9.09. The Morgan fingerprint density at radius 1 is 1.00 bits per heavy atom. The van der Waals surface area contributed by atoms with Crippen molar-refractivity contribution in [2.24, 2.45) is 0 Å². The van der Waals surface area contributed by atoms with Crippen LogP contribution in [0.3, 0.4) is 0 Å². The molecule has 1 aromatic heterocycles. The number of pyridine rings is 1. The summed E-state index contributed by atoms with van der Waals surface area (Å²) in [4.78, 5) is 27.5. The number of amides is 1. The van der Waals surface area contributed by atoms with Gasteiger partial charge in [-0.15, -0.1) is 0 Å². The first-order valence-electron chi connectivity index (χ1n) is 11.6. The maximum absolute atomic E-state index is 13.0. The molecule has 32 heavy (non-hydrogen) atoms. The standard InChI is InChI=1S/C26H30ClN3O2/c27-21-12-10-20(11-13-21)19-30-24-9-4-3-8-22(24)23(18-25(30)31)26(32)28-14-7-17-29-15-5-1-2-6-16-29/h3-4,8-13,18H,1-2,5-7,14-17,19H2,(H,28,32)/p+1. The number of quaternary nitrogens is 1. The molecule has 1 fully saturated rings. The maximum atomic E-state index is 13.0. The van der Waals surface area contributed by atoms with Gasteiger partial charge in [-0.05, 0) is 49.4 Å². The lowest BCUT2D eigenvalue weighted by Crippen LogP contribution is -3.11. The molecule has 6 heteroatoms. The van der Waals surface area contributed by atoms with Gasteiger partial charge in [0.15, 0.2) is 0 Å². The first kappa shape index (κ1) is 22.6. The van der Waals surface area contributed by atoms with Crippen molar-refractivity contribution in [2.75, 3.05) is 26.2 Å². The van der Waals surface area contributed by atoms with Gasteiger partial charge in [-0.2, -0.15) is 0 Å². The second-order valence-electron chi connectivity index (χ2n) is 8.65. The number of halogens is 1. The van der Waals surface area contributed by atoms with Gasteiger partial charge in [-0.3, -0.25) is 9.59 Å². The number of nitrogens with one attached hydrogen (secondary N) is 2. The number of fused-ring (bicyclic) bond motifs is 1. The highest BCUT2D eigenvalue weighted by atomic mass is 35.5. The molecule has 1 saturated heterocycles. The van der Waals surface area contributed by atoms with Crippen LogP contribution in [0.4, 0.5) is 0 Å². The van der Waals surface area contributed by atoms with Gasteiger partial charge in [0.05, 0.1) is 37.3 Å². The minimum Gasteiger partial charge on any atom is -0.352 e. The summed E-state index contributed by atoms with van der Waals surface area (Å²) in [6, 6.07) is 16.5. The highest BCUT2D eigenvalue weighted by Gasteiger charge is 2.16. The Balaban J connectivity index is 1.47.